The lowest BCUT2D eigenvalue weighted by atomic mass is 9.90. The number of carboxylic acids is 1. The van der Waals surface area contributed by atoms with Gasteiger partial charge >= 0.3 is 5.97 Å². The van der Waals surface area contributed by atoms with E-state index in [4.69, 9.17) is 15.3 Å². The number of hydrogen-bond acceptors (Lipinski definition) is 5. The van der Waals surface area contributed by atoms with Crippen molar-refractivity contribution in [1.82, 2.24) is 4.72 Å². The van der Waals surface area contributed by atoms with Gasteiger partial charge in [0.2, 0.25) is 0 Å². The van der Waals surface area contributed by atoms with Crippen molar-refractivity contribution in [3.05, 3.63) is 83.1 Å². The van der Waals surface area contributed by atoms with E-state index in [0.29, 0.717) is 5.71 Å². The van der Waals surface area contributed by atoms with Gasteiger partial charge in [-0.25, -0.2) is 4.39 Å². The lowest BCUT2D eigenvalue weighted by Gasteiger charge is -2.16. The molecule has 0 bridgehead atoms. The summed E-state index contributed by atoms with van der Waals surface area (Å²) >= 11 is 1.57. The number of aliphatic carboxylic acids is 1. The molecule has 0 atom stereocenters. The molecular weight excluding hydrogens is 475 g/mol. The third kappa shape index (κ3) is 13.3. The first kappa shape index (κ1) is 31.2. The van der Waals surface area contributed by atoms with Crippen LogP contribution in [0.5, 0.6) is 0 Å². The number of nitrogens with one attached hydrogen (secondary N) is 2. The minimum absolute atomic E-state index is 0.0289. The highest BCUT2D eigenvalue weighted by atomic mass is 32.2. The molecule has 3 N–H and O–H groups in total. The Morgan fingerprint density at radius 3 is 2.33 bits per heavy atom. The molecule has 1 aliphatic carbocycles. The molecule has 2 rings (SSSR count). The van der Waals surface area contributed by atoms with Crippen LogP contribution in [-0.4, -0.2) is 29.7 Å². The predicted molar refractivity (Wildman–Crippen MR) is 150 cm³/mol. The molecule has 0 heterocycles. The van der Waals surface area contributed by atoms with Crippen LogP contribution in [0, 0.1) is 17.1 Å². The van der Waals surface area contributed by atoms with Crippen molar-refractivity contribution in [3.8, 4) is 0 Å². The molecule has 1 fully saturated rings. The van der Waals surface area contributed by atoms with Crippen LogP contribution in [-0.2, 0) is 16.0 Å². The first-order chi connectivity index (χ1) is 17.1. The Morgan fingerprint density at radius 1 is 1.19 bits per heavy atom. The van der Waals surface area contributed by atoms with Crippen molar-refractivity contribution in [2.45, 2.75) is 65.7 Å². The number of carbonyl (C=O) groups is 1. The topological polar surface area (TPSA) is 82.4 Å². The van der Waals surface area contributed by atoms with Crippen molar-refractivity contribution in [1.29, 1.82) is 5.41 Å². The molecule has 0 saturated heterocycles. The van der Waals surface area contributed by atoms with Crippen molar-refractivity contribution in [2.24, 2.45) is 5.92 Å². The molecule has 0 amide bonds. The Morgan fingerprint density at radius 2 is 1.83 bits per heavy atom. The van der Waals surface area contributed by atoms with Crippen LogP contribution in [0.15, 0.2) is 71.7 Å². The second-order valence-corrected chi connectivity index (χ2v) is 9.86. The summed E-state index contributed by atoms with van der Waals surface area (Å²) in [5.74, 6) is 0.798. The number of hydrogen-bond donors (Lipinski definition) is 3. The van der Waals surface area contributed by atoms with Gasteiger partial charge in [0.1, 0.15) is 11.6 Å². The second kappa shape index (κ2) is 17.6. The van der Waals surface area contributed by atoms with Crippen LogP contribution >= 0.6 is 11.9 Å². The standard InChI is InChI=1S/C22H29FN2OS.C7H12O2/c1-16(2)22(26-5)13-8-17(3)15-21(18(4)24)25-27-14-6-7-19-9-11-20(23)12-10-19;8-7(9)6-4-2-1-3-5-6/h8-13,15,24-25H,1,6-7,14H2,2-5H3;6H,1-5H2,(H,8,9)/b17-8+,21-15-,22-13+,24-18?;. The van der Waals surface area contributed by atoms with Gasteiger partial charge in [-0.1, -0.05) is 56.0 Å². The fourth-order valence-electron chi connectivity index (χ4n) is 3.56. The summed E-state index contributed by atoms with van der Waals surface area (Å²) in [6.07, 6.45) is 12.9. The first-order valence-electron chi connectivity index (χ1n) is 12.3. The summed E-state index contributed by atoms with van der Waals surface area (Å²) in [6.45, 7) is 9.50. The minimum atomic E-state index is -0.602. The Balaban J connectivity index is 0.000000600. The summed E-state index contributed by atoms with van der Waals surface area (Å²) in [5.41, 5.74) is 4.26. The van der Waals surface area contributed by atoms with Crippen molar-refractivity contribution in [3.63, 3.8) is 0 Å². The molecule has 0 aromatic heterocycles. The van der Waals surface area contributed by atoms with Crippen LogP contribution < -0.4 is 4.72 Å². The van der Waals surface area contributed by atoms with E-state index >= 15 is 0 Å². The van der Waals surface area contributed by atoms with E-state index in [1.807, 2.05) is 44.2 Å². The summed E-state index contributed by atoms with van der Waals surface area (Å²) in [4.78, 5) is 10.4. The largest absolute Gasteiger partial charge is 0.497 e. The smallest absolute Gasteiger partial charge is 0.306 e. The highest BCUT2D eigenvalue weighted by molar-refractivity contribution is 7.97. The maximum absolute atomic E-state index is 12.9. The maximum Gasteiger partial charge on any atom is 0.306 e. The van der Waals surface area contributed by atoms with Crippen LogP contribution in [0.3, 0.4) is 0 Å². The molecule has 1 aliphatic rings. The number of benzene rings is 1. The van der Waals surface area contributed by atoms with Gasteiger partial charge in [-0.3, -0.25) is 4.79 Å². The molecule has 1 saturated carbocycles. The number of rotatable bonds is 12. The second-order valence-electron chi connectivity index (χ2n) is 8.96. The van der Waals surface area contributed by atoms with Crippen molar-refractivity contribution in [2.75, 3.05) is 12.9 Å². The molecule has 1 aromatic carbocycles. The highest BCUT2D eigenvalue weighted by Gasteiger charge is 2.19. The summed E-state index contributed by atoms with van der Waals surface area (Å²) in [5, 5.41) is 16.5. The zero-order chi connectivity index (χ0) is 26.9. The van der Waals surface area contributed by atoms with Crippen molar-refractivity contribution < 1.29 is 19.0 Å². The Hall–Kier alpha value is -2.80. The summed E-state index contributed by atoms with van der Waals surface area (Å²) in [6, 6.07) is 6.63. The number of ether oxygens (including phenoxy) is 1. The maximum atomic E-state index is 12.9. The molecule has 7 heteroatoms. The molecule has 0 unspecified atom stereocenters. The molecule has 0 spiro atoms. The van der Waals surface area contributed by atoms with Gasteiger partial charge in [-0.2, -0.15) is 0 Å². The average molecular weight is 517 g/mol. The molecule has 198 valence electrons. The van der Waals surface area contributed by atoms with Crippen LogP contribution in [0.4, 0.5) is 4.39 Å². The highest BCUT2D eigenvalue weighted by Crippen LogP contribution is 2.23. The summed E-state index contributed by atoms with van der Waals surface area (Å²) < 4.78 is 21.4. The van der Waals surface area contributed by atoms with Gasteiger partial charge in [0.05, 0.1) is 24.4 Å². The molecule has 0 radical (unpaired) electrons. The number of halogens is 1. The van der Waals surface area contributed by atoms with Crippen molar-refractivity contribution >= 4 is 23.6 Å². The van der Waals surface area contributed by atoms with E-state index in [0.717, 1.165) is 72.4 Å². The van der Waals surface area contributed by atoms with Gasteiger partial charge in [0, 0.05) is 5.75 Å². The fraction of sp³-hybridized carbons (Fsp3) is 0.448. The predicted octanol–water partition coefficient (Wildman–Crippen LogP) is 7.62. The molecule has 0 aliphatic heterocycles. The minimum Gasteiger partial charge on any atom is -0.497 e. The molecule has 36 heavy (non-hydrogen) atoms. The first-order valence-corrected chi connectivity index (χ1v) is 13.3. The van der Waals surface area contributed by atoms with E-state index in [9.17, 15) is 9.18 Å². The number of carboxylic acid groups (broad SMARTS) is 1. The van der Waals surface area contributed by atoms with Gasteiger partial charge in [-0.05, 0) is 87.4 Å². The Kier molecular flexibility index (Phi) is 15.3. The lowest BCUT2D eigenvalue weighted by Crippen LogP contribution is -2.16. The lowest BCUT2D eigenvalue weighted by molar-refractivity contribution is -0.142. The number of allylic oxidation sites excluding steroid dienone is 6. The Labute approximate surface area is 220 Å². The van der Waals surface area contributed by atoms with Gasteiger partial charge in [-0.15, -0.1) is 0 Å². The zero-order valence-corrected chi connectivity index (χ0v) is 22.8. The van der Waals surface area contributed by atoms with E-state index in [1.165, 1.54) is 18.6 Å². The van der Waals surface area contributed by atoms with E-state index in [1.54, 1.807) is 26.0 Å². The van der Waals surface area contributed by atoms with Gasteiger partial charge in [0.25, 0.3) is 0 Å². The third-order valence-corrected chi connectivity index (χ3v) is 6.53. The van der Waals surface area contributed by atoms with Crippen LogP contribution in [0.2, 0.25) is 0 Å². The van der Waals surface area contributed by atoms with Crippen LogP contribution in [0.25, 0.3) is 0 Å². The molecular formula is C29H41FN2O3S. The monoisotopic (exact) mass is 516 g/mol. The third-order valence-electron chi connectivity index (χ3n) is 5.68. The Bertz CT molecular complexity index is 946. The van der Waals surface area contributed by atoms with E-state index in [-0.39, 0.29) is 11.7 Å². The van der Waals surface area contributed by atoms with E-state index in [2.05, 4.69) is 11.3 Å². The fourth-order valence-corrected chi connectivity index (χ4v) is 4.32. The summed E-state index contributed by atoms with van der Waals surface area (Å²) in [7, 11) is 1.62. The average Bonchev–Trinajstić information content (AvgIpc) is 2.85. The van der Waals surface area contributed by atoms with E-state index < -0.39 is 5.97 Å². The SMILES string of the molecule is C=C(C)\C(=C/C=C(C)/C=C(\NSCCCc1ccc(F)cc1)C(C)=N)OC.O=C(O)C1CCCCC1. The van der Waals surface area contributed by atoms with Gasteiger partial charge < -0.3 is 20.0 Å². The molecule has 1 aromatic rings. The number of aryl methyl sites for hydroxylation is 1. The normalized spacial score (nSPS) is 15.0. The van der Waals surface area contributed by atoms with Crippen LogP contribution in [0.1, 0.15) is 64.9 Å². The quantitative estimate of drug-likeness (QED) is 0.0875. The van der Waals surface area contributed by atoms with Gasteiger partial charge in [0.15, 0.2) is 0 Å². The number of methoxy groups -OCH3 is 1. The zero-order valence-electron chi connectivity index (χ0n) is 22.0. The molecule has 5 nitrogen and oxygen atoms in total.